The zero-order valence-electron chi connectivity index (χ0n) is 11.7. The topological polar surface area (TPSA) is 53.6 Å². The van der Waals surface area contributed by atoms with E-state index < -0.39 is 0 Å². The average molecular weight is 286 g/mol. The summed E-state index contributed by atoms with van der Waals surface area (Å²) in [5, 5.41) is 5.47. The molecule has 0 spiro atoms. The first-order chi connectivity index (χ1) is 9.72. The molecule has 0 saturated carbocycles. The Morgan fingerprint density at radius 1 is 1.30 bits per heavy atom. The van der Waals surface area contributed by atoms with Crippen molar-refractivity contribution in [2.45, 2.75) is 20.4 Å². The minimum atomic E-state index is 0.655. The molecule has 20 heavy (non-hydrogen) atoms. The van der Waals surface area contributed by atoms with Crippen LogP contribution in [0, 0.1) is 5.92 Å². The molecule has 4 nitrogen and oxygen atoms in total. The van der Waals surface area contributed by atoms with Crippen LogP contribution >= 0.6 is 11.3 Å². The predicted octanol–water partition coefficient (Wildman–Crippen LogP) is 3.43. The van der Waals surface area contributed by atoms with E-state index in [1.54, 1.807) is 11.3 Å². The summed E-state index contributed by atoms with van der Waals surface area (Å²) in [6, 6.07) is 4.17. The highest BCUT2D eigenvalue weighted by Crippen LogP contribution is 2.24. The SMILES string of the molecule is CC(C)CNCc1cnc(-c2cnc3ccsc3c2)[nH]1. The number of nitrogens with zero attached hydrogens (tertiary/aromatic N) is 2. The number of imidazole rings is 1. The van der Waals surface area contributed by atoms with Gasteiger partial charge in [-0.15, -0.1) is 11.3 Å². The molecule has 0 bridgehead atoms. The molecule has 3 aromatic rings. The van der Waals surface area contributed by atoms with Crippen LogP contribution in [0.25, 0.3) is 21.6 Å². The summed E-state index contributed by atoms with van der Waals surface area (Å²) in [6.45, 7) is 6.23. The second-order valence-electron chi connectivity index (χ2n) is 5.31. The first kappa shape index (κ1) is 13.3. The van der Waals surface area contributed by atoms with Gasteiger partial charge in [0.15, 0.2) is 0 Å². The highest BCUT2D eigenvalue weighted by molar-refractivity contribution is 7.17. The van der Waals surface area contributed by atoms with E-state index in [0.717, 1.165) is 35.7 Å². The Kier molecular flexibility index (Phi) is 3.80. The van der Waals surface area contributed by atoms with E-state index in [4.69, 9.17) is 0 Å². The molecule has 0 saturated heterocycles. The van der Waals surface area contributed by atoms with Crippen LogP contribution in [0.2, 0.25) is 0 Å². The molecular weight excluding hydrogens is 268 g/mol. The lowest BCUT2D eigenvalue weighted by Gasteiger charge is -2.05. The Bertz CT molecular complexity index is 699. The standard InChI is InChI=1S/C15H18N4S/c1-10(2)6-16-8-12-9-18-15(19-12)11-5-14-13(17-7-11)3-4-20-14/h3-5,7,9-10,16H,6,8H2,1-2H3,(H,18,19). The minimum absolute atomic E-state index is 0.655. The monoisotopic (exact) mass is 286 g/mol. The minimum Gasteiger partial charge on any atom is -0.341 e. The fraction of sp³-hybridized carbons (Fsp3) is 0.333. The fourth-order valence-electron chi connectivity index (χ4n) is 2.07. The molecule has 104 valence electrons. The zero-order chi connectivity index (χ0) is 13.9. The van der Waals surface area contributed by atoms with Crippen LogP contribution in [0.4, 0.5) is 0 Å². The van der Waals surface area contributed by atoms with Crippen molar-refractivity contribution in [2.24, 2.45) is 5.92 Å². The van der Waals surface area contributed by atoms with E-state index in [2.05, 4.69) is 45.6 Å². The summed E-state index contributed by atoms with van der Waals surface area (Å²) in [4.78, 5) is 12.2. The van der Waals surface area contributed by atoms with Gasteiger partial charge in [0.1, 0.15) is 5.82 Å². The fourth-order valence-corrected chi connectivity index (χ4v) is 2.85. The molecular formula is C15H18N4S. The van der Waals surface area contributed by atoms with Gasteiger partial charge in [-0.1, -0.05) is 13.8 Å². The number of pyridine rings is 1. The number of aromatic nitrogens is 3. The van der Waals surface area contributed by atoms with Crippen LogP contribution in [0.1, 0.15) is 19.5 Å². The molecule has 3 aromatic heterocycles. The van der Waals surface area contributed by atoms with Crippen LogP contribution in [0.15, 0.2) is 29.9 Å². The molecule has 3 rings (SSSR count). The van der Waals surface area contributed by atoms with Crippen molar-refractivity contribution in [1.29, 1.82) is 0 Å². The van der Waals surface area contributed by atoms with Crippen LogP contribution in [-0.4, -0.2) is 21.5 Å². The van der Waals surface area contributed by atoms with Gasteiger partial charge in [0.05, 0.1) is 10.2 Å². The van der Waals surface area contributed by atoms with E-state index in [9.17, 15) is 0 Å². The van der Waals surface area contributed by atoms with Gasteiger partial charge >= 0.3 is 0 Å². The average Bonchev–Trinajstić information content (AvgIpc) is 3.05. The van der Waals surface area contributed by atoms with Gasteiger partial charge < -0.3 is 10.3 Å². The first-order valence-corrected chi connectivity index (χ1v) is 7.68. The van der Waals surface area contributed by atoms with Gasteiger partial charge in [-0.2, -0.15) is 0 Å². The highest BCUT2D eigenvalue weighted by atomic mass is 32.1. The van der Waals surface area contributed by atoms with Crippen LogP contribution < -0.4 is 5.32 Å². The summed E-state index contributed by atoms with van der Waals surface area (Å²) in [5.41, 5.74) is 3.19. The quantitative estimate of drug-likeness (QED) is 0.755. The normalized spacial score (nSPS) is 11.6. The van der Waals surface area contributed by atoms with Crippen molar-refractivity contribution >= 4 is 21.6 Å². The molecule has 3 heterocycles. The first-order valence-electron chi connectivity index (χ1n) is 6.80. The maximum Gasteiger partial charge on any atom is 0.139 e. The number of fused-ring (bicyclic) bond motifs is 1. The largest absolute Gasteiger partial charge is 0.341 e. The lowest BCUT2D eigenvalue weighted by Crippen LogP contribution is -2.19. The van der Waals surface area contributed by atoms with E-state index in [1.165, 1.54) is 4.70 Å². The Morgan fingerprint density at radius 2 is 2.20 bits per heavy atom. The van der Waals surface area contributed by atoms with Crippen LogP contribution in [-0.2, 0) is 6.54 Å². The van der Waals surface area contributed by atoms with Crippen LogP contribution in [0.3, 0.4) is 0 Å². The number of hydrogen-bond acceptors (Lipinski definition) is 4. The van der Waals surface area contributed by atoms with Crippen molar-refractivity contribution < 1.29 is 0 Å². The summed E-state index contributed by atoms with van der Waals surface area (Å²) in [6.07, 6.45) is 3.76. The van der Waals surface area contributed by atoms with Gasteiger partial charge in [0, 0.05) is 30.2 Å². The second kappa shape index (κ2) is 5.73. The Labute approximate surface area is 122 Å². The molecule has 0 radical (unpaired) electrons. The summed E-state index contributed by atoms with van der Waals surface area (Å²) in [7, 11) is 0. The van der Waals surface area contributed by atoms with E-state index >= 15 is 0 Å². The Hall–Kier alpha value is -1.72. The van der Waals surface area contributed by atoms with E-state index in [-0.39, 0.29) is 0 Å². The third-order valence-electron chi connectivity index (χ3n) is 3.07. The predicted molar refractivity (Wildman–Crippen MR) is 83.7 cm³/mol. The third-order valence-corrected chi connectivity index (χ3v) is 3.93. The van der Waals surface area contributed by atoms with Crippen molar-refractivity contribution in [3.63, 3.8) is 0 Å². The van der Waals surface area contributed by atoms with Gasteiger partial charge in [-0.3, -0.25) is 4.98 Å². The summed E-state index contributed by atoms with van der Waals surface area (Å²) in [5.74, 6) is 1.54. The molecule has 0 atom stereocenters. The molecule has 0 aliphatic carbocycles. The number of H-pyrrole nitrogens is 1. The van der Waals surface area contributed by atoms with Crippen LogP contribution in [0.5, 0.6) is 0 Å². The van der Waals surface area contributed by atoms with Crippen molar-refractivity contribution in [1.82, 2.24) is 20.3 Å². The molecule has 0 amide bonds. The Morgan fingerprint density at radius 3 is 3.05 bits per heavy atom. The molecule has 0 unspecified atom stereocenters. The number of rotatable bonds is 5. The lowest BCUT2D eigenvalue weighted by molar-refractivity contribution is 0.549. The second-order valence-corrected chi connectivity index (χ2v) is 6.26. The number of aromatic amines is 1. The third kappa shape index (κ3) is 2.89. The van der Waals surface area contributed by atoms with E-state index in [1.807, 2.05) is 18.5 Å². The molecule has 0 fully saturated rings. The number of thiophene rings is 1. The highest BCUT2D eigenvalue weighted by Gasteiger charge is 2.06. The van der Waals surface area contributed by atoms with Gasteiger partial charge in [-0.25, -0.2) is 4.98 Å². The molecule has 0 aromatic carbocycles. The summed E-state index contributed by atoms with van der Waals surface area (Å²) >= 11 is 1.70. The summed E-state index contributed by atoms with van der Waals surface area (Å²) < 4.78 is 1.19. The van der Waals surface area contributed by atoms with Gasteiger partial charge in [0.25, 0.3) is 0 Å². The van der Waals surface area contributed by atoms with Crippen molar-refractivity contribution in [3.8, 4) is 11.4 Å². The van der Waals surface area contributed by atoms with Gasteiger partial charge in [-0.05, 0) is 30.0 Å². The number of hydrogen-bond donors (Lipinski definition) is 2. The maximum absolute atomic E-state index is 4.45. The molecule has 0 aliphatic heterocycles. The van der Waals surface area contributed by atoms with Gasteiger partial charge in [0.2, 0.25) is 0 Å². The van der Waals surface area contributed by atoms with Crippen molar-refractivity contribution in [2.75, 3.05) is 6.54 Å². The molecule has 2 N–H and O–H groups in total. The smallest absolute Gasteiger partial charge is 0.139 e. The zero-order valence-corrected chi connectivity index (χ0v) is 12.5. The Balaban J connectivity index is 1.75. The van der Waals surface area contributed by atoms with E-state index in [0.29, 0.717) is 5.92 Å². The molecule has 5 heteroatoms. The number of nitrogens with one attached hydrogen (secondary N) is 2. The maximum atomic E-state index is 4.45. The van der Waals surface area contributed by atoms with Crippen molar-refractivity contribution in [3.05, 3.63) is 35.6 Å². The molecule has 0 aliphatic rings. The lowest BCUT2D eigenvalue weighted by atomic mass is 10.2.